The van der Waals surface area contributed by atoms with E-state index in [0.29, 0.717) is 0 Å². The Labute approximate surface area is 62.7 Å². The normalized spacial score (nSPS) is 24.8. The zero-order chi connectivity index (χ0) is 7.72. The third kappa shape index (κ3) is 1.21. The lowest BCUT2D eigenvalue weighted by Crippen LogP contribution is -2.29. The Morgan fingerprint density at radius 2 is 2.50 bits per heavy atom. The lowest BCUT2D eigenvalue weighted by Gasteiger charge is -2.04. The fraction of sp³-hybridized carbons (Fsp3) is 0.600. The van der Waals surface area contributed by atoms with Gasteiger partial charge in [0, 0.05) is 6.92 Å². The van der Waals surface area contributed by atoms with Crippen LogP contribution in [0.15, 0.2) is 0 Å². The molecule has 1 fully saturated rings. The number of carbonyl (C=O) groups is 2. The van der Waals surface area contributed by atoms with Gasteiger partial charge in [-0.1, -0.05) is 11.6 Å². The second kappa shape index (κ2) is 2.46. The lowest BCUT2D eigenvalue weighted by atomic mass is 10.5. The van der Waals surface area contributed by atoms with Crippen molar-refractivity contribution in [3.63, 3.8) is 0 Å². The monoisotopic (exact) mass is 163 g/mol. The summed E-state index contributed by atoms with van der Waals surface area (Å²) in [7, 11) is 0. The number of hydrogen-bond donors (Lipinski definition) is 0. The van der Waals surface area contributed by atoms with Crippen molar-refractivity contribution in [3.8, 4) is 0 Å². The largest absolute Gasteiger partial charge is 0.427 e. The zero-order valence-electron chi connectivity index (χ0n) is 5.33. The van der Waals surface area contributed by atoms with Crippen molar-refractivity contribution < 1.29 is 14.3 Å². The molecule has 0 bridgehead atoms. The maximum atomic E-state index is 10.6. The van der Waals surface area contributed by atoms with Crippen molar-refractivity contribution >= 4 is 23.6 Å². The highest BCUT2D eigenvalue weighted by Crippen LogP contribution is 2.13. The van der Waals surface area contributed by atoms with Gasteiger partial charge in [-0.25, -0.2) is 9.69 Å². The molecular formula is C5H6ClNO3. The number of halogens is 1. The van der Waals surface area contributed by atoms with Crippen LogP contribution in [0.4, 0.5) is 4.79 Å². The van der Waals surface area contributed by atoms with E-state index in [-0.39, 0.29) is 12.5 Å². The van der Waals surface area contributed by atoms with E-state index >= 15 is 0 Å². The molecule has 0 aromatic rings. The molecule has 1 atom stereocenters. The summed E-state index contributed by atoms with van der Waals surface area (Å²) in [5, 5.41) is 0. The highest BCUT2D eigenvalue weighted by Gasteiger charge is 2.32. The molecule has 0 aromatic heterocycles. The van der Waals surface area contributed by atoms with Crippen molar-refractivity contribution in [3.05, 3.63) is 0 Å². The van der Waals surface area contributed by atoms with Crippen molar-refractivity contribution in [2.24, 2.45) is 0 Å². The fourth-order valence-corrected chi connectivity index (χ4v) is 0.900. The van der Waals surface area contributed by atoms with Crippen molar-refractivity contribution in [1.82, 2.24) is 4.90 Å². The quantitative estimate of drug-likeness (QED) is 0.490. The Hall–Kier alpha value is -0.770. The van der Waals surface area contributed by atoms with Crippen LogP contribution in [0.25, 0.3) is 0 Å². The van der Waals surface area contributed by atoms with Gasteiger partial charge in [0.15, 0.2) is 5.56 Å². The van der Waals surface area contributed by atoms with Crippen LogP contribution in [0.5, 0.6) is 0 Å². The van der Waals surface area contributed by atoms with Crippen LogP contribution in [0.2, 0.25) is 0 Å². The summed E-state index contributed by atoms with van der Waals surface area (Å²) in [6, 6.07) is 0. The van der Waals surface area contributed by atoms with Gasteiger partial charge < -0.3 is 4.74 Å². The Kier molecular flexibility index (Phi) is 1.80. The lowest BCUT2D eigenvalue weighted by molar-refractivity contribution is -0.125. The summed E-state index contributed by atoms with van der Waals surface area (Å²) >= 11 is 5.41. The smallest absolute Gasteiger partial charge is 0.418 e. The van der Waals surface area contributed by atoms with Crippen LogP contribution in [0, 0.1) is 0 Å². The van der Waals surface area contributed by atoms with E-state index in [1.807, 2.05) is 0 Å². The molecule has 0 N–H and O–H groups in total. The maximum Gasteiger partial charge on any atom is 0.418 e. The molecule has 0 unspecified atom stereocenters. The van der Waals surface area contributed by atoms with E-state index in [0.717, 1.165) is 4.90 Å². The molecule has 1 saturated heterocycles. The van der Waals surface area contributed by atoms with Crippen molar-refractivity contribution in [1.29, 1.82) is 0 Å². The number of cyclic esters (lactones) is 1. The molecule has 4 nitrogen and oxygen atoms in total. The third-order valence-corrected chi connectivity index (χ3v) is 1.38. The number of alkyl halides is 1. The van der Waals surface area contributed by atoms with Gasteiger partial charge in [0.1, 0.15) is 0 Å². The molecule has 1 heterocycles. The maximum absolute atomic E-state index is 10.6. The standard InChI is InChI=1S/C5H6ClNO3/c1-3(8)7-2-4(6)10-5(7)9/h4H,2H2,1H3/t4-/m0/s1. The number of hydrogen-bond acceptors (Lipinski definition) is 3. The average Bonchev–Trinajstić information content (AvgIpc) is 2.10. The van der Waals surface area contributed by atoms with E-state index in [1.54, 1.807) is 0 Å². The highest BCUT2D eigenvalue weighted by atomic mass is 35.5. The van der Waals surface area contributed by atoms with Crippen LogP contribution >= 0.6 is 11.6 Å². The SMILES string of the molecule is CC(=O)N1C[C@@H](Cl)OC1=O. The number of rotatable bonds is 0. The molecule has 0 spiro atoms. The van der Waals surface area contributed by atoms with Gasteiger partial charge >= 0.3 is 6.09 Å². The summed E-state index contributed by atoms with van der Waals surface area (Å²) in [6.45, 7) is 1.44. The summed E-state index contributed by atoms with van der Waals surface area (Å²) in [4.78, 5) is 22.1. The van der Waals surface area contributed by atoms with Crippen LogP contribution in [0.3, 0.4) is 0 Å². The van der Waals surface area contributed by atoms with Crippen molar-refractivity contribution in [2.45, 2.75) is 12.5 Å². The van der Waals surface area contributed by atoms with E-state index in [9.17, 15) is 9.59 Å². The van der Waals surface area contributed by atoms with Crippen LogP contribution in [-0.4, -0.2) is 29.0 Å². The van der Waals surface area contributed by atoms with Gasteiger partial charge in [0.25, 0.3) is 0 Å². The number of imide groups is 1. The zero-order valence-corrected chi connectivity index (χ0v) is 6.09. The minimum atomic E-state index is -0.684. The Balaban J connectivity index is 2.63. The first-order valence-electron chi connectivity index (χ1n) is 2.74. The minimum Gasteiger partial charge on any atom is -0.427 e. The second-order valence-electron chi connectivity index (χ2n) is 1.92. The molecule has 10 heavy (non-hydrogen) atoms. The predicted octanol–water partition coefficient (Wildman–Crippen LogP) is 0.550. The summed E-state index contributed by atoms with van der Waals surface area (Å²) < 4.78 is 4.47. The summed E-state index contributed by atoms with van der Waals surface area (Å²) in [5.74, 6) is -0.340. The van der Waals surface area contributed by atoms with E-state index in [2.05, 4.69) is 4.74 Å². The van der Waals surface area contributed by atoms with Gasteiger partial charge in [0.05, 0.1) is 6.54 Å². The van der Waals surface area contributed by atoms with E-state index in [4.69, 9.17) is 11.6 Å². The first kappa shape index (κ1) is 7.34. The molecular weight excluding hydrogens is 158 g/mol. The summed E-state index contributed by atoms with van der Waals surface area (Å²) in [5.41, 5.74) is -0.684. The molecule has 1 aliphatic heterocycles. The number of nitrogens with zero attached hydrogens (tertiary/aromatic N) is 1. The van der Waals surface area contributed by atoms with E-state index < -0.39 is 11.7 Å². The van der Waals surface area contributed by atoms with Crippen LogP contribution in [-0.2, 0) is 9.53 Å². The molecule has 0 aromatic carbocycles. The van der Waals surface area contributed by atoms with Gasteiger partial charge in [-0.2, -0.15) is 0 Å². The van der Waals surface area contributed by atoms with Crippen LogP contribution in [0.1, 0.15) is 6.92 Å². The van der Waals surface area contributed by atoms with E-state index in [1.165, 1.54) is 6.92 Å². The number of carbonyl (C=O) groups excluding carboxylic acids is 2. The molecule has 0 saturated carbocycles. The van der Waals surface area contributed by atoms with Gasteiger partial charge in [0.2, 0.25) is 5.91 Å². The highest BCUT2D eigenvalue weighted by molar-refractivity contribution is 6.21. The molecule has 5 heteroatoms. The number of amides is 2. The predicted molar refractivity (Wildman–Crippen MR) is 33.5 cm³/mol. The third-order valence-electron chi connectivity index (χ3n) is 1.16. The fourth-order valence-electron chi connectivity index (χ4n) is 0.685. The topological polar surface area (TPSA) is 46.6 Å². The van der Waals surface area contributed by atoms with Gasteiger partial charge in [-0.05, 0) is 0 Å². The molecule has 56 valence electrons. The van der Waals surface area contributed by atoms with Gasteiger partial charge in [-0.3, -0.25) is 4.79 Å². The molecule has 0 radical (unpaired) electrons. The first-order valence-corrected chi connectivity index (χ1v) is 3.17. The van der Waals surface area contributed by atoms with Crippen LogP contribution < -0.4 is 0 Å². The second-order valence-corrected chi connectivity index (χ2v) is 2.41. The Morgan fingerprint density at radius 1 is 1.90 bits per heavy atom. The average molecular weight is 164 g/mol. The molecule has 2 amide bonds. The first-order chi connectivity index (χ1) is 4.61. The summed E-state index contributed by atoms with van der Waals surface area (Å²) in [6.07, 6.45) is -0.660. The van der Waals surface area contributed by atoms with Crippen molar-refractivity contribution in [2.75, 3.05) is 6.54 Å². The molecule has 0 aliphatic carbocycles. The minimum absolute atomic E-state index is 0.149. The Morgan fingerprint density at radius 3 is 2.70 bits per heavy atom. The number of ether oxygens (including phenoxy) is 1. The Bertz CT molecular complexity index is 182. The van der Waals surface area contributed by atoms with Gasteiger partial charge in [-0.15, -0.1) is 0 Å². The molecule has 1 aliphatic rings. The molecule has 1 rings (SSSR count).